The molecule has 0 spiro atoms. The van der Waals surface area contributed by atoms with Gasteiger partial charge in [0.1, 0.15) is 18.1 Å². The van der Waals surface area contributed by atoms with E-state index in [4.69, 9.17) is 13.9 Å². The molecule has 1 aliphatic heterocycles. The smallest absolute Gasteiger partial charge is 0.278 e. The van der Waals surface area contributed by atoms with Crippen LogP contribution in [0, 0.1) is 6.92 Å². The number of aryl methyl sites for hydroxylation is 1. The van der Waals surface area contributed by atoms with Crippen molar-refractivity contribution in [3.63, 3.8) is 0 Å². The average Bonchev–Trinajstić information content (AvgIpc) is 3.31. The maximum atomic E-state index is 13.2. The molecule has 0 radical (unpaired) electrons. The summed E-state index contributed by atoms with van der Waals surface area (Å²) in [7, 11) is 0. The lowest BCUT2D eigenvalue weighted by molar-refractivity contribution is 0.0681. The number of carbonyl (C=O) groups is 1. The van der Waals surface area contributed by atoms with E-state index in [0.717, 1.165) is 43.4 Å². The molecule has 6 heteroatoms. The second kappa shape index (κ2) is 8.55. The van der Waals surface area contributed by atoms with Crippen molar-refractivity contribution < 1.29 is 18.7 Å². The van der Waals surface area contributed by atoms with E-state index in [0.29, 0.717) is 35.4 Å². The Morgan fingerprint density at radius 1 is 1.16 bits per heavy atom. The van der Waals surface area contributed by atoms with Crippen molar-refractivity contribution in [2.45, 2.75) is 44.6 Å². The van der Waals surface area contributed by atoms with E-state index in [1.807, 2.05) is 55.5 Å². The normalized spacial score (nSPS) is 18.2. The van der Waals surface area contributed by atoms with E-state index in [1.54, 1.807) is 0 Å². The van der Waals surface area contributed by atoms with Gasteiger partial charge in [0, 0.05) is 18.1 Å². The fourth-order valence-electron chi connectivity index (χ4n) is 3.81. The number of nitrogens with one attached hydrogen (secondary N) is 1. The Labute approximate surface area is 181 Å². The molecule has 1 saturated carbocycles. The second-order valence-electron chi connectivity index (χ2n) is 8.27. The Balaban J connectivity index is 1.38. The third kappa shape index (κ3) is 4.49. The number of rotatable bonds is 7. The highest BCUT2D eigenvalue weighted by atomic mass is 16.5. The van der Waals surface area contributed by atoms with Crippen molar-refractivity contribution in [3.8, 4) is 17.2 Å². The Morgan fingerprint density at radius 3 is 2.74 bits per heavy atom. The number of anilines is 1. The van der Waals surface area contributed by atoms with Gasteiger partial charge in [-0.3, -0.25) is 4.79 Å². The van der Waals surface area contributed by atoms with Gasteiger partial charge >= 0.3 is 0 Å². The summed E-state index contributed by atoms with van der Waals surface area (Å²) in [6, 6.07) is 15.4. The third-order valence-electron chi connectivity index (χ3n) is 5.67. The minimum Gasteiger partial charge on any atom is -0.489 e. The molecule has 1 amide bonds. The Kier molecular flexibility index (Phi) is 5.47. The van der Waals surface area contributed by atoms with Gasteiger partial charge in [-0.25, -0.2) is 4.98 Å². The molecule has 31 heavy (non-hydrogen) atoms. The predicted octanol–water partition coefficient (Wildman–Crippen LogP) is 5.34. The van der Waals surface area contributed by atoms with Gasteiger partial charge in [-0.1, -0.05) is 24.3 Å². The molecule has 1 unspecified atom stereocenters. The number of hydrogen-bond donors (Lipinski definition) is 1. The highest BCUT2D eigenvalue weighted by Gasteiger charge is 2.34. The number of carbonyl (C=O) groups excluding carboxylic acids is 1. The topological polar surface area (TPSA) is 73.6 Å². The van der Waals surface area contributed by atoms with E-state index < -0.39 is 0 Å². The number of aromatic nitrogens is 1. The lowest BCUT2D eigenvalue weighted by atomic mass is 10.2. The summed E-state index contributed by atoms with van der Waals surface area (Å²) in [5.41, 5.74) is 2.90. The van der Waals surface area contributed by atoms with Gasteiger partial charge in [0.25, 0.3) is 5.91 Å². The van der Waals surface area contributed by atoms with E-state index in [1.165, 1.54) is 0 Å². The number of oxazole rings is 1. The molecular weight excluding hydrogens is 392 g/mol. The second-order valence-corrected chi connectivity index (χ2v) is 8.27. The highest BCUT2D eigenvalue weighted by molar-refractivity contribution is 6.04. The van der Waals surface area contributed by atoms with Crippen molar-refractivity contribution in [1.82, 2.24) is 4.98 Å². The van der Waals surface area contributed by atoms with Crippen LogP contribution in [0.2, 0.25) is 0 Å². The van der Waals surface area contributed by atoms with Gasteiger partial charge < -0.3 is 19.2 Å². The van der Waals surface area contributed by atoms with Crippen LogP contribution in [-0.2, 0) is 4.74 Å². The molecule has 1 N–H and O–H groups in total. The fourth-order valence-corrected chi connectivity index (χ4v) is 3.81. The Hall–Kier alpha value is -3.12. The van der Waals surface area contributed by atoms with Crippen LogP contribution in [0.4, 0.5) is 5.69 Å². The molecule has 2 aliphatic rings. The fraction of sp³-hybridized carbons (Fsp3) is 0.360. The summed E-state index contributed by atoms with van der Waals surface area (Å²) in [4.78, 5) is 17.8. The minimum absolute atomic E-state index is 0.106. The molecule has 1 aromatic heterocycles. The first kappa shape index (κ1) is 19.8. The zero-order valence-electron chi connectivity index (χ0n) is 17.6. The number of hydrogen-bond acceptors (Lipinski definition) is 5. The zero-order valence-corrected chi connectivity index (χ0v) is 17.6. The van der Waals surface area contributed by atoms with Crippen molar-refractivity contribution in [2.75, 3.05) is 18.5 Å². The molecule has 1 aliphatic carbocycles. The van der Waals surface area contributed by atoms with E-state index in [-0.39, 0.29) is 17.9 Å². The molecular formula is C25H26N2O4. The van der Waals surface area contributed by atoms with Crippen molar-refractivity contribution >= 4 is 11.6 Å². The van der Waals surface area contributed by atoms with Gasteiger partial charge in [-0.15, -0.1) is 0 Å². The maximum absolute atomic E-state index is 13.2. The summed E-state index contributed by atoms with van der Waals surface area (Å²) in [5.74, 6) is 1.78. The minimum atomic E-state index is -0.279. The number of amides is 1. The lowest BCUT2D eigenvalue weighted by Crippen LogP contribution is -2.18. The predicted molar refractivity (Wildman–Crippen MR) is 118 cm³/mol. The molecule has 1 atom stereocenters. The molecule has 5 rings (SSSR count). The number of ether oxygens (including phenoxy) is 2. The van der Waals surface area contributed by atoms with Gasteiger partial charge in [0.2, 0.25) is 5.89 Å². The standard InChI is InChI=1S/C25H26N2O4/c1-16-9-12-20(21(14-16)30-15-19-8-5-13-29-19)26-24(28)22-23(17-10-11-17)31-25(27-22)18-6-3-2-4-7-18/h2-4,6-7,9,12,14,17,19H,5,8,10-11,13,15H2,1H3,(H,26,28). The van der Waals surface area contributed by atoms with Crippen LogP contribution in [-0.4, -0.2) is 30.2 Å². The van der Waals surface area contributed by atoms with E-state index in [9.17, 15) is 4.79 Å². The molecule has 2 heterocycles. The summed E-state index contributed by atoms with van der Waals surface area (Å²) in [6.07, 6.45) is 4.20. The first-order valence-electron chi connectivity index (χ1n) is 10.9. The molecule has 160 valence electrons. The Bertz CT molecular complexity index is 1070. The van der Waals surface area contributed by atoms with Crippen LogP contribution in [0.3, 0.4) is 0 Å². The summed E-state index contributed by atoms with van der Waals surface area (Å²) < 4.78 is 17.7. The van der Waals surface area contributed by atoms with Crippen molar-refractivity contribution in [2.24, 2.45) is 0 Å². The average molecular weight is 418 g/mol. The van der Waals surface area contributed by atoms with Crippen LogP contribution in [0.15, 0.2) is 52.9 Å². The van der Waals surface area contributed by atoms with Crippen molar-refractivity contribution in [3.05, 3.63) is 65.5 Å². The van der Waals surface area contributed by atoms with Gasteiger partial charge in [-0.05, 0) is 62.4 Å². The molecule has 0 bridgehead atoms. The first-order valence-corrected chi connectivity index (χ1v) is 10.9. The first-order chi connectivity index (χ1) is 15.2. The molecule has 6 nitrogen and oxygen atoms in total. The Morgan fingerprint density at radius 2 is 2.00 bits per heavy atom. The molecule has 2 fully saturated rings. The quantitative estimate of drug-likeness (QED) is 0.561. The largest absolute Gasteiger partial charge is 0.489 e. The van der Waals surface area contributed by atoms with Crippen LogP contribution in [0.25, 0.3) is 11.5 Å². The molecule has 3 aromatic rings. The van der Waals surface area contributed by atoms with E-state index >= 15 is 0 Å². The zero-order chi connectivity index (χ0) is 21.2. The monoisotopic (exact) mass is 418 g/mol. The van der Waals surface area contributed by atoms with Gasteiger partial charge in [0.05, 0.1) is 11.8 Å². The maximum Gasteiger partial charge on any atom is 0.278 e. The summed E-state index contributed by atoms with van der Waals surface area (Å²) >= 11 is 0. The van der Waals surface area contributed by atoms with Crippen LogP contribution < -0.4 is 10.1 Å². The van der Waals surface area contributed by atoms with Crippen LogP contribution in [0.5, 0.6) is 5.75 Å². The lowest BCUT2D eigenvalue weighted by Gasteiger charge is -2.15. The van der Waals surface area contributed by atoms with Crippen molar-refractivity contribution in [1.29, 1.82) is 0 Å². The van der Waals surface area contributed by atoms with Gasteiger partial charge in [0.15, 0.2) is 5.69 Å². The summed E-state index contributed by atoms with van der Waals surface area (Å²) in [6.45, 7) is 3.26. The number of benzene rings is 2. The van der Waals surface area contributed by atoms with E-state index in [2.05, 4.69) is 10.3 Å². The number of nitrogens with zero attached hydrogens (tertiary/aromatic N) is 1. The molecule has 1 saturated heterocycles. The van der Waals surface area contributed by atoms with Crippen LogP contribution >= 0.6 is 0 Å². The summed E-state index contributed by atoms with van der Waals surface area (Å²) in [5, 5.41) is 2.99. The van der Waals surface area contributed by atoms with Gasteiger partial charge in [-0.2, -0.15) is 0 Å². The molecule has 2 aromatic carbocycles. The third-order valence-corrected chi connectivity index (χ3v) is 5.67. The van der Waals surface area contributed by atoms with Crippen LogP contribution in [0.1, 0.15) is 53.4 Å². The SMILES string of the molecule is Cc1ccc(NC(=O)c2nc(-c3ccccc3)oc2C2CC2)c(OCC2CCCO2)c1. The highest BCUT2D eigenvalue weighted by Crippen LogP contribution is 2.43.